The number of esters is 1. The molecule has 3 aromatic rings. The second-order valence-electron chi connectivity index (χ2n) is 7.69. The zero-order valence-electron chi connectivity index (χ0n) is 19.5. The van der Waals surface area contributed by atoms with Gasteiger partial charge in [0.05, 0.1) is 20.8 Å². The molecule has 1 aromatic heterocycles. The van der Waals surface area contributed by atoms with Gasteiger partial charge in [0, 0.05) is 32.3 Å². The first kappa shape index (κ1) is 26.4. The highest BCUT2D eigenvalue weighted by molar-refractivity contribution is 6.35. The first-order chi connectivity index (χ1) is 17.7. The molecule has 1 aliphatic heterocycles. The lowest BCUT2D eigenvalue weighted by Crippen LogP contribution is -2.30. The van der Waals surface area contributed by atoms with E-state index >= 15 is 0 Å². The molecular weight excluding hydrogens is 547 g/mol. The molecule has 0 saturated carbocycles. The fourth-order valence-electron chi connectivity index (χ4n) is 3.49. The van der Waals surface area contributed by atoms with Crippen LogP contribution >= 0.6 is 34.8 Å². The van der Waals surface area contributed by atoms with E-state index in [0.717, 1.165) is 4.90 Å². The van der Waals surface area contributed by atoms with Gasteiger partial charge in [0.15, 0.2) is 11.5 Å². The number of nitrogens with one attached hydrogen (secondary N) is 1. The van der Waals surface area contributed by atoms with E-state index in [9.17, 15) is 14.4 Å². The molecular formula is C25H19Cl3N2O7. The number of ether oxygens (including phenoxy) is 3. The van der Waals surface area contributed by atoms with Crippen LogP contribution in [0, 0.1) is 0 Å². The normalized spacial score (nSPS) is 14.2. The minimum Gasteiger partial charge on any atom is -0.493 e. The summed E-state index contributed by atoms with van der Waals surface area (Å²) in [5.74, 6) is -0.533. The van der Waals surface area contributed by atoms with Gasteiger partial charge in [0.1, 0.15) is 18.1 Å². The van der Waals surface area contributed by atoms with Gasteiger partial charge < -0.3 is 23.9 Å². The molecule has 192 valence electrons. The van der Waals surface area contributed by atoms with Crippen LogP contribution in [-0.4, -0.2) is 37.0 Å². The molecule has 12 heteroatoms. The Balaban J connectivity index is 1.60. The molecule has 1 fully saturated rings. The SMILES string of the molecule is COC(=O)c1ccc(CN2C(=O)N/C(=C\c3cc(Cl)cc(OC)c3OCc3ccc(Cl)cc3Cl)C2=O)o1. The molecule has 1 saturated heterocycles. The topological polar surface area (TPSA) is 107 Å². The van der Waals surface area contributed by atoms with Crippen molar-refractivity contribution in [2.45, 2.75) is 13.2 Å². The zero-order chi connectivity index (χ0) is 26.7. The first-order valence-electron chi connectivity index (χ1n) is 10.7. The number of rotatable bonds is 8. The van der Waals surface area contributed by atoms with Crippen LogP contribution in [0.4, 0.5) is 4.79 Å². The van der Waals surface area contributed by atoms with Crippen LogP contribution in [0.25, 0.3) is 6.08 Å². The number of carbonyl (C=O) groups excluding carboxylic acids is 3. The largest absolute Gasteiger partial charge is 0.493 e. The van der Waals surface area contributed by atoms with Gasteiger partial charge in [-0.25, -0.2) is 9.59 Å². The average molecular weight is 566 g/mol. The Morgan fingerprint density at radius 2 is 1.84 bits per heavy atom. The summed E-state index contributed by atoms with van der Waals surface area (Å²) in [4.78, 5) is 38.1. The number of nitrogens with zero attached hydrogens (tertiary/aromatic N) is 1. The van der Waals surface area contributed by atoms with E-state index in [-0.39, 0.29) is 36.1 Å². The summed E-state index contributed by atoms with van der Waals surface area (Å²) in [6, 6.07) is 10.3. The van der Waals surface area contributed by atoms with Gasteiger partial charge in [-0.05, 0) is 36.4 Å². The zero-order valence-corrected chi connectivity index (χ0v) is 21.7. The standard InChI is InChI=1S/C25H19Cl3N2O7/c1-34-21-10-16(27)7-14(22(21)36-12-13-3-4-15(26)9-18(13)28)8-19-23(31)30(25(33)29-19)11-17-5-6-20(37-17)24(32)35-2/h3-10H,11-12H2,1-2H3,(H,29,33)/b19-8-. The predicted octanol–water partition coefficient (Wildman–Crippen LogP) is 5.71. The fourth-order valence-corrected chi connectivity index (χ4v) is 4.17. The van der Waals surface area contributed by atoms with Gasteiger partial charge in [-0.15, -0.1) is 0 Å². The van der Waals surface area contributed by atoms with Crippen LogP contribution < -0.4 is 14.8 Å². The Morgan fingerprint density at radius 3 is 2.54 bits per heavy atom. The van der Waals surface area contributed by atoms with Crippen LogP contribution in [0.3, 0.4) is 0 Å². The van der Waals surface area contributed by atoms with Crippen molar-refractivity contribution in [1.29, 1.82) is 0 Å². The Hall–Kier alpha value is -3.66. The average Bonchev–Trinajstić information content (AvgIpc) is 3.44. The number of methoxy groups -OCH3 is 2. The lowest BCUT2D eigenvalue weighted by Gasteiger charge is -2.15. The number of halogens is 3. The minimum absolute atomic E-state index is 0.0246. The van der Waals surface area contributed by atoms with Crippen LogP contribution in [0.5, 0.6) is 11.5 Å². The quantitative estimate of drug-likeness (QED) is 0.212. The predicted molar refractivity (Wildman–Crippen MR) is 136 cm³/mol. The van der Waals surface area contributed by atoms with Crippen molar-refractivity contribution in [3.63, 3.8) is 0 Å². The summed E-state index contributed by atoms with van der Waals surface area (Å²) in [6.45, 7) is -0.131. The number of hydrogen-bond acceptors (Lipinski definition) is 7. The number of carbonyl (C=O) groups is 3. The summed E-state index contributed by atoms with van der Waals surface area (Å²) in [5, 5.41) is 3.75. The second-order valence-corrected chi connectivity index (χ2v) is 8.97. The van der Waals surface area contributed by atoms with Crippen LogP contribution in [0.1, 0.15) is 27.4 Å². The second kappa shape index (κ2) is 11.2. The number of amides is 3. The summed E-state index contributed by atoms with van der Waals surface area (Å²) < 4.78 is 21.4. The number of benzene rings is 2. The van der Waals surface area contributed by atoms with Crippen molar-refractivity contribution in [2.24, 2.45) is 0 Å². The third kappa shape index (κ3) is 5.85. The van der Waals surface area contributed by atoms with Gasteiger partial charge in [-0.2, -0.15) is 0 Å². The van der Waals surface area contributed by atoms with E-state index in [4.69, 9.17) is 48.7 Å². The molecule has 0 aliphatic carbocycles. The number of hydrogen-bond donors (Lipinski definition) is 1. The van der Waals surface area contributed by atoms with Crippen LogP contribution in [-0.2, 0) is 22.7 Å². The molecule has 37 heavy (non-hydrogen) atoms. The van der Waals surface area contributed by atoms with Crippen LogP contribution in [0.2, 0.25) is 15.1 Å². The van der Waals surface area contributed by atoms with E-state index < -0.39 is 17.9 Å². The molecule has 0 spiro atoms. The Bertz CT molecular complexity index is 1420. The van der Waals surface area contributed by atoms with E-state index in [1.165, 1.54) is 32.4 Å². The molecule has 0 radical (unpaired) electrons. The molecule has 9 nitrogen and oxygen atoms in total. The molecule has 1 aliphatic rings. The molecule has 1 N–H and O–H groups in total. The van der Waals surface area contributed by atoms with Gasteiger partial charge in [-0.1, -0.05) is 40.9 Å². The van der Waals surface area contributed by atoms with Crippen molar-refractivity contribution in [2.75, 3.05) is 14.2 Å². The molecule has 3 amide bonds. The van der Waals surface area contributed by atoms with Crippen molar-refractivity contribution in [3.8, 4) is 11.5 Å². The van der Waals surface area contributed by atoms with E-state index in [2.05, 4.69) is 10.1 Å². The Kier molecular flexibility index (Phi) is 7.97. The lowest BCUT2D eigenvalue weighted by atomic mass is 10.1. The Morgan fingerprint density at radius 1 is 1.05 bits per heavy atom. The number of urea groups is 1. The molecule has 2 aromatic carbocycles. The monoisotopic (exact) mass is 564 g/mol. The molecule has 0 bridgehead atoms. The van der Waals surface area contributed by atoms with E-state index in [1.54, 1.807) is 30.3 Å². The maximum Gasteiger partial charge on any atom is 0.373 e. The Labute approximate surface area is 226 Å². The van der Waals surface area contributed by atoms with Gasteiger partial charge in [0.2, 0.25) is 5.76 Å². The number of furan rings is 1. The van der Waals surface area contributed by atoms with Gasteiger partial charge >= 0.3 is 12.0 Å². The summed E-state index contributed by atoms with van der Waals surface area (Å²) >= 11 is 18.5. The van der Waals surface area contributed by atoms with Gasteiger partial charge in [0.25, 0.3) is 5.91 Å². The highest BCUT2D eigenvalue weighted by atomic mass is 35.5. The van der Waals surface area contributed by atoms with Gasteiger partial charge in [-0.3, -0.25) is 9.69 Å². The molecule has 2 heterocycles. The highest BCUT2D eigenvalue weighted by Gasteiger charge is 2.35. The number of imide groups is 1. The lowest BCUT2D eigenvalue weighted by molar-refractivity contribution is -0.123. The molecule has 0 atom stereocenters. The maximum absolute atomic E-state index is 13.0. The third-order valence-corrected chi connectivity index (χ3v) is 6.08. The summed E-state index contributed by atoms with van der Waals surface area (Å²) in [5.41, 5.74) is 1.03. The van der Waals surface area contributed by atoms with E-state index in [1.807, 2.05) is 0 Å². The first-order valence-corrected chi connectivity index (χ1v) is 11.8. The van der Waals surface area contributed by atoms with Crippen molar-refractivity contribution < 1.29 is 33.0 Å². The van der Waals surface area contributed by atoms with Crippen molar-refractivity contribution in [1.82, 2.24) is 10.2 Å². The smallest absolute Gasteiger partial charge is 0.373 e. The summed E-state index contributed by atoms with van der Waals surface area (Å²) in [7, 11) is 2.66. The van der Waals surface area contributed by atoms with Crippen molar-refractivity contribution in [3.05, 3.63) is 85.9 Å². The highest BCUT2D eigenvalue weighted by Crippen LogP contribution is 2.37. The van der Waals surface area contributed by atoms with Crippen molar-refractivity contribution >= 4 is 58.8 Å². The fraction of sp³-hybridized carbons (Fsp3) is 0.160. The minimum atomic E-state index is -0.675. The summed E-state index contributed by atoms with van der Waals surface area (Å²) in [6.07, 6.45) is 1.43. The maximum atomic E-state index is 13.0. The third-order valence-electron chi connectivity index (χ3n) is 5.28. The van der Waals surface area contributed by atoms with Crippen LogP contribution in [0.15, 0.2) is 52.6 Å². The molecule has 0 unspecified atom stereocenters. The molecule has 4 rings (SSSR count). The van der Waals surface area contributed by atoms with E-state index in [0.29, 0.717) is 31.9 Å².